The SMILES string of the molecule is Cc1c(-c2csc(C(N)Cc3c[nH]c4ccccc34)n2)sc2ccc(Cl)cc12. The molecule has 0 saturated carbocycles. The lowest BCUT2D eigenvalue weighted by Crippen LogP contribution is -2.12. The number of thiophene rings is 1. The Morgan fingerprint density at radius 2 is 2.04 bits per heavy atom. The zero-order valence-corrected chi connectivity index (χ0v) is 17.6. The molecule has 0 aliphatic heterocycles. The van der Waals surface area contributed by atoms with Gasteiger partial charge in [0.25, 0.3) is 0 Å². The van der Waals surface area contributed by atoms with Gasteiger partial charge in [-0.2, -0.15) is 0 Å². The first-order valence-electron chi connectivity index (χ1n) is 9.05. The van der Waals surface area contributed by atoms with Crippen molar-refractivity contribution < 1.29 is 0 Å². The van der Waals surface area contributed by atoms with Gasteiger partial charge in [-0.25, -0.2) is 4.98 Å². The molecule has 3 heterocycles. The average Bonchev–Trinajstić information content (AvgIpc) is 3.41. The molecule has 1 atom stereocenters. The highest BCUT2D eigenvalue weighted by atomic mass is 35.5. The predicted octanol–water partition coefficient (Wildman–Crippen LogP) is 6.71. The van der Waals surface area contributed by atoms with E-state index in [9.17, 15) is 0 Å². The number of fused-ring (bicyclic) bond motifs is 2. The maximum atomic E-state index is 6.52. The number of H-pyrrole nitrogens is 1. The maximum absolute atomic E-state index is 6.52. The van der Waals surface area contributed by atoms with Crippen molar-refractivity contribution in [2.45, 2.75) is 19.4 Å². The number of halogens is 1. The number of aryl methyl sites for hydroxylation is 1. The van der Waals surface area contributed by atoms with E-state index < -0.39 is 0 Å². The molecule has 28 heavy (non-hydrogen) atoms. The molecule has 0 radical (unpaired) electrons. The molecule has 0 amide bonds. The molecule has 0 fully saturated rings. The monoisotopic (exact) mass is 423 g/mol. The summed E-state index contributed by atoms with van der Waals surface area (Å²) in [4.78, 5) is 9.40. The number of nitrogens with zero attached hydrogens (tertiary/aromatic N) is 1. The van der Waals surface area contributed by atoms with Gasteiger partial charge >= 0.3 is 0 Å². The van der Waals surface area contributed by atoms with Gasteiger partial charge in [0.15, 0.2) is 0 Å². The number of aromatic amines is 1. The van der Waals surface area contributed by atoms with Gasteiger partial charge in [-0.1, -0.05) is 29.8 Å². The number of benzene rings is 2. The Labute approximate surface area is 175 Å². The first-order valence-corrected chi connectivity index (χ1v) is 11.1. The second-order valence-corrected chi connectivity index (χ2v) is 9.32. The minimum atomic E-state index is -0.123. The summed E-state index contributed by atoms with van der Waals surface area (Å²) in [5.74, 6) is 0. The van der Waals surface area contributed by atoms with Crippen LogP contribution in [0.25, 0.3) is 31.6 Å². The number of aromatic nitrogens is 2. The van der Waals surface area contributed by atoms with Gasteiger partial charge in [0.2, 0.25) is 0 Å². The molecule has 140 valence electrons. The predicted molar refractivity (Wildman–Crippen MR) is 122 cm³/mol. The van der Waals surface area contributed by atoms with Crippen LogP contribution in [0.5, 0.6) is 0 Å². The lowest BCUT2D eigenvalue weighted by molar-refractivity contribution is 0.719. The van der Waals surface area contributed by atoms with E-state index in [2.05, 4.69) is 47.8 Å². The largest absolute Gasteiger partial charge is 0.361 e. The smallest absolute Gasteiger partial charge is 0.110 e. The Balaban J connectivity index is 1.45. The number of thiazole rings is 1. The van der Waals surface area contributed by atoms with E-state index in [1.807, 2.05) is 18.2 Å². The Morgan fingerprint density at radius 3 is 2.93 bits per heavy atom. The highest BCUT2D eigenvalue weighted by molar-refractivity contribution is 7.22. The average molecular weight is 424 g/mol. The molecule has 3 N–H and O–H groups in total. The molecule has 0 aliphatic carbocycles. The lowest BCUT2D eigenvalue weighted by Gasteiger charge is -2.07. The molecule has 5 rings (SSSR count). The molecule has 0 bridgehead atoms. The summed E-state index contributed by atoms with van der Waals surface area (Å²) in [7, 11) is 0. The Morgan fingerprint density at radius 1 is 1.18 bits per heavy atom. The molecule has 3 aromatic heterocycles. The van der Waals surface area contributed by atoms with Crippen LogP contribution in [-0.4, -0.2) is 9.97 Å². The summed E-state index contributed by atoms with van der Waals surface area (Å²) in [6.07, 6.45) is 2.82. The zero-order valence-electron chi connectivity index (χ0n) is 15.2. The Kier molecular flexibility index (Phi) is 4.48. The normalized spacial score (nSPS) is 12.8. The van der Waals surface area contributed by atoms with E-state index >= 15 is 0 Å². The van der Waals surface area contributed by atoms with Crippen LogP contribution < -0.4 is 5.73 Å². The van der Waals surface area contributed by atoms with Crippen LogP contribution in [0.2, 0.25) is 5.02 Å². The minimum Gasteiger partial charge on any atom is -0.361 e. The third kappa shape index (κ3) is 3.05. The summed E-state index contributed by atoms with van der Waals surface area (Å²) < 4.78 is 1.23. The zero-order chi connectivity index (χ0) is 19.3. The topological polar surface area (TPSA) is 54.7 Å². The van der Waals surface area contributed by atoms with E-state index in [1.165, 1.54) is 31.5 Å². The summed E-state index contributed by atoms with van der Waals surface area (Å²) in [6, 6.07) is 14.2. The van der Waals surface area contributed by atoms with Crippen molar-refractivity contribution in [2.24, 2.45) is 5.73 Å². The van der Waals surface area contributed by atoms with Crippen LogP contribution in [0, 0.1) is 6.92 Å². The van der Waals surface area contributed by atoms with E-state index in [4.69, 9.17) is 22.3 Å². The van der Waals surface area contributed by atoms with E-state index in [1.54, 1.807) is 22.7 Å². The third-order valence-corrected chi connectivity index (χ3v) is 7.59. The van der Waals surface area contributed by atoms with Crippen LogP contribution >= 0.6 is 34.3 Å². The lowest BCUT2D eigenvalue weighted by atomic mass is 10.1. The van der Waals surface area contributed by atoms with Crippen molar-refractivity contribution in [3.8, 4) is 10.6 Å². The standard InChI is InChI=1S/C22H18ClN3S2/c1-12-16-9-14(23)6-7-20(16)28-21(12)19-11-27-22(26-19)17(24)8-13-10-25-18-5-3-2-4-15(13)18/h2-7,9-11,17,25H,8,24H2,1H3. The summed E-state index contributed by atoms with van der Waals surface area (Å²) in [6.45, 7) is 2.13. The van der Waals surface area contributed by atoms with E-state index in [0.29, 0.717) is 0 Å². The maximum Gasteiger partial charge on any atom is 0.110 e. The molecule has 3 nitrogen and oxygen atoms in total. The van der Waals surface area contributed by atoms with Gasteiger partial charge in [0, 0.05) is 32.2 Å². The Bertz CT molecular complexity index is 1300. The van der Waals surface area contributed by atoms with Crippen molar-refractivity contribution in [2.75, 3.05) is 0 Å². The molecule has 1 unspecified atom stereocenters. The van der Waals surface area contributed by atoms with Crippen LogP contribution in [0.4, 0.5) is 0 Å². The summed E-state index contributed by atoms with van der Waals surface area (Å²) in [5, 5.41) is 6.27. The fraction of sp³-hybridized carbons (Fsp3) is 0.136. The van der Waals surface area contributed by atoms with Crippen molar-refractivity contribution in [3.05, 3.63) is 75.2 Å². The molecule has 0 aliphatic rings. The number of rotatable bonds is 4. The van der Waals surface area contributed by atoms with Crippen molar-refractivity contribution >= 4 is 55.3 Å². The number of hydrogen-bond acceptors (Lipinski definition) is 4. The first kappa shape index (κ1) is 17.9. The van der Waals surface area contributed by atoms with Gasteiger partial charge in [0.1, 0.15) is 5.01 Å². The first-order chi connectivity index (χ1) is 13.6. The van der Waals surface area contributed by atoms with E-state index in [0.717, 1.165) is 27.7 Å². The minimum absolute atomic E-state index is 0.123. The van der Waals surface area contributed by atoms with Crippen molar-refractivity contribution in [3.63, 3.8) is 0 Å². The molecule has 0 saturated heterocycles. The van der Waals surface area contributed by atoms with Crippen LogP contribution in [0.15, 0.2) is 54.0 Å². The second-order valence-electron chi connectivity index (χ2n) is 6.94. The van der Waals surface area contributed by atoms with Crippen molar-refractivity contribution in [1.29, 1.82) is 0 Å². The van der Waals surface area contributed by atoms with Gasteiger partial charge in [-0.05, 0) is 54.1 Å². The molecular weight excluding hydrogens is 406 g/mol. The second kappa shape index (κ2) is 7.01. The number of hydrogen-bond donors (Lipinski definition) is 2. The molecule has 0 spiro atoms. The summed E-state index contributed by atoms with van der Waals surface area (Å²) >= 11 is 9.57. The van der Waals surface area contributed by atoms with Gasteiger partial charge in [0.05, 0.1) is 16.6 Å². The van der Waals surface area contributed by atoms with Crippen LogP contribution in [-0.2, 0) is 6.42 Å². The highest BCUT2D eigenvalue weighted by Gasteiger charge is 2.18. The number of para-hydroxylation sites is 1. The number of nitrogens with one attached hydrogen (secondary N) is 1. The van der Waals surface area contributed by atoms with Crippen molar-refractivity contribution in [1.82, 2.24) is 9.97 Å². The third-order valence-electron chi connectivity index (χ3n) is 5.08. The fourth-order valence-electron chi connectivity index (χ4n) is 3.62. The summed E-state index contributed by atoms with van der Waals surface area (Å²) in [5.41, 5.74) is 11.1. The molecular formula is C22H18ClN3S2. The number of nitrogens with two attached hydrogens (primary N) is 1. The van der Waals surface area contributed by atoms with Gasteiger partial charge in [-0.15, -0.1) is 22.7 Å². The molecule has 5 aromatic rings. The van der Waals surface area contributed by atoms with Crippen LogP contribution in [0.3, 0.4) is 0 Å². The Hall–Kier alpha value is -2.18. The van der Waals surface area contributed by atoms with Crippen LogP contribution in [0.1, 0.15) is 22.2 Å². The molecule has 2 aromatic carbocycles. The van der Waals surface area contributed by atoms with Gasteiger partial charge < -0.3 is 10.7 Å². The van der Waals surface area contributed by atoms with Gasteiger partial charge in [-0.3, -0.25) is 0 Å². The molecule has 6 heteroatoms. The quantitative estimate of drug-likeness (QED) is 0.337. The fourth-order valence-corrected chi connectivity index (χ4v) is 5.83. The van der Waals surface area contributed by atoms with E-state index in [-0.39, 0.29) is 6.04 Å². The highest BCUT2D eigenvalue weighted by Crippen LogP contribution is 2.40.